The first kappa shape index (κ1) is 22.1. The summed E-state index contributed by atoms with van der Waals surface area (Å²) in [6.45, 7) is 1.98. The van der Waals surface area contributed by atoms with E-state index in [9.17, 15) is 4.79 Å². The minimum Gasteiger partial charge on any atom is -0.368 e. The minimum absolute atomic E-state index is 0.0353. The molecule has 2 aromatic carbocycles. The zero-order valence-electron chi connectivity index (χ0n) is 16.8. The highest BCUT2D eigenvalue weighted by Crippen LogP contribution is 2.31. The highest BCUT2D eigenvalue weighted by atomic mass is 35.5. The summed E-state index contributed by atoms with van der Waals surface area (Å²) in [5.41, 5.74) is 14.1. The zero-order valence-corrected chi connectivity index (χ0v) is 19.1. The predicted molar refractivity (Wildman–Crippen MR) is 130 cm³/mol. The number of nitrogens with two attached hydrogens (primary N) is 2. The quantitative estimate of drug-likeness (QED) is 0.526. The molecule has 3 aromatic rings. The maximum absolute atomic E-state index is 13.3. The van der Waals surface area contributed by atoms with Crippen molar-refractivity contribution in [2.24, 2.45) is 4.99 Å². The molecule has 8 nitrogen and oxygen atoms in total. The van der Waals surface area contributed by atoms with Gasteiger partial charge in [-0.3, -0.25) is 9.69 Å². The summed E-state index contributed by atoms with van der Waals surface area (Å²) in [6.07, 6.45) is 1.66. The van der Waals surface area contributed by atoms with E-state index < -0.39 is 0 Å². The number of anilines is 3. The average molecular weight is 486 g/mol. The first-order valence-corrected chi connectivity index (χ1v) is 11.1. The zero-order chi connectivity index (χ0) is 22.8. The number of thioether (sulfide) groups is 1. The highest BCUT2D eigenvalue weighted by molar-refractivity contribution is 8.13. The van der Waals surface area contributed by atoms with Crippen LogP contribution in [0.1, 0.15) is 17.0 Å². The molecule has 2 heterocycles. The summed E-state index contributed by atoms with van der Waals surface area (Å²) in [5, 5.41) is 1.30. The number of carbonyl (C=O) groups excluding carboxylic acids is 1. The number of carbonyl (C=O) groups is 1. The lowest BCUT2D eigenvalue weighted by atomic mass is 10.2. The molecule has 0 bridgehead atoms. The van der Waals surface area contributed by atoms with Crippen LogP contribution in [0, 0.1) is 6.92 Å². The van der Waals surface area contributed by atoms with E-state index in [4.69, 9.17) is 34.7 Å². The lowest BCUT2D eigenvalue weighted by Gasteiger charge is -2.17. The van der Waals surface area contributed by atoms with E-state index in [2.05, 4.69) is 19.9 Å². The maximum Gasteiger partial charge on any atom is 0.283 e. The maximum atomic E-state index is 13.3. The van der Waals surface area contributed by atoms with E-state index in [-0.39, 0.29) is 23.5 Å². The summed E-state index contributed by atoms with van der Waals surface area (Å²) in [4.78, 5) is 31.3. The number of hydrogen-bond donors (Lipinski definition) is 2. The summed E-state index contributed by atoms with van der Waals surface area (Å²) < 4.78 is 0. The first-order valence-electron chi connectivity index (χ1n) is 9.35. The van der Waals surface area contributed by atoms with Crippen molar-refractivity contribution in [3.05, 3.63) is 75.2 Å². The Morgan fingerprint density at radius 2 is 1.69 bits per heavy atom. The Kier molecular flexibility index (Phi) is 6.31. The van der Waals surface area contributed by atoms with Crippen LogP contribution in [0.4, 0.5) is 17.6 Å². The molecule has 32 heavy (non-hydrogen) atoms. The van der Waals surface area contributed by atoms with Crippen LogP contribution in [-0.4, -0.2) is 26.0 Å². The normalized spacial score (nSPS) is 14.8. The number of aliphatic imine (C=N–C) groups is 1. The molecule has 11 heteroatoms. The van der Waals surface area contributed by atoms with Gasteiger partial charge >= 0.3 is 0 Å². The molecule has 0 saturated heterocycles. The molecule has 162 valence electrons. The second kappa shape index (κ2) is 9.15. The molecule has 0 spiro atoms. The van der Waals surface area contributed by atoms with Crippen LogP contribution in [-0.2, 0) is 10.5 Å². The third-order valence-corrected chi connectivity index (χ3v) is 6.09. The molecular weight excluding hydrogens is 469 g/mol. The predicted octanol–water partition coefficient (Wildman–Crippen LogP) is 4.33. The van der Waals surface area contributed by atoms with Gasteiger partial charge in [0.1, 0.15) is 11.5 Å². The van der Waals surface area contributed by atoms with Gasteiger partial charge in [0.2, 0.25) is 11.9 Å². The van der Waals surface area contributed by atoms with E-state index in [1.165, 1.54) is 11.8 Å². The van der Waals surface area contributed by atoms with Gasteiger partial charge in [0.15, 0.2) is 5.17 Å². The van der Waals surface area contributed by atoms with Gasteiger partial charge in [-0.15, -0.1) is 0 Å². The highest BCUT2D eigenvalue weighted by Gasteiger charge is 2.32. The topological polar surface area (TPSA) is 123 Å². The fraction of sp³-hybridized carbons (Fsp3) is 0.0952. The molecule has 4 N–H and O–H groups in total. The van der Waals surface area contributed by atoms with Crippen molar-refractivity contribution in [1.82, 2.24) is 15.0 Å². The van der Waals surface area contributed by atoms with Gasteiger partial charge in [-0.05, 0) is 42.8 Å². The van der Waals surface area contributed by atoms with Crippen LogP contribution < -0.4 is 16.4 Å². The van der Waals surface area contributed by atoms with E-state index in [1.54, 1.807) is 29.2 Å². The Balaban J connectivity index is 1.68. The molecule has 0 saturated carbocycles. The SMILES string of the molecule is Cc1ccc(N2C(=O)/C(=C\c3ccc(Cl)c(Cl)c3)N=C2SCc2nc(N)nc(N)n2)cc1. The number of nitrogens with zero attached hydrogens (tertiary/aromatic N) is 5. The number of hydrogen-bond acceptors (Lipinski definition) is 8. The van der Waals surface area contributed by atoms with E-state index >= 15 is 0 Å². The smallest absolute Gasteiger partial charge is 0.283 e. The lowest BCUT2D eigenvalue weighted by molar-refractivity contribution is -0.113. The molecule has 0 radical (unpaired) electrons. The monoisotopic (exact) mass is 485 g/mol. The fourth-order valence-corrected chi connectivity index (χ4v) is 4.10. The second-order valence-electron chi connectivity index (χ2n) is 6.83. The van der Waals surface area contributed by atoms with Crippen LogP contribution in [0.15, 0.2) is 53.2 Å². The van der Waals surface area contributed by atoms with Crippen LogP contribution in [0.2, 0.25) is 10.0 Å². The van der Waals surface area contributed by atoms with Crippen LogP contribution >= 0.6 is 35.0 Å². The number of aromatic nitrogens is 3. The Hall–Kier alpha value is -3.14. The van der Waals surface area contributed by atoms with Crippen molar-refractivity contribution < 1.29 is 4.79 Å². The Morgan fingerprint density at radius 3 is 2.34 bits per heavy atom. The van der Waals surface area contributed by atoms with Crippen molar-refractivity contribution >= 4 is 69.7 Å². The molecule has 0 atom stereocenters. The van der Waals surface area contributed by atoms with Crippen molar-refractivity contribution in [1.29, 1.82) is 0 Å². The van der Waals surface area contributed by atoms with Gasteiger partial charge < -0.3 is 11.5 Å². The molecule has 4 rings (SSSR count). The molecule has 0 unspecified atom stereocenters. The first-order chi connectivity index (χ1) is 15.3. The van der Waals surface area contributed by atoms with Crippen LogP contribution in [0.25, 0.3) is 6.08 Å². The lowest BCUT2D eigenvalue weighted by Crippen LogP contribution is -2.30. The van der Waals surface area contributed by atoms with E-state index in [1.807, 2.05) is 31.2 Å². The summed E-state index contributed by atoms with van der Waals surface area (Å²) in [6, 6.07) is 12.7. The van der Waals surface area contributed by atoms with Gasteiger partial charge in [0, 0.05) is 0 Å². The van der Waals surface area contributed by atoms with Gasteiger partial charge in [-0.1, -0.05) is 58.7 Å². The molecule has 1 aliphatic rings. The number of amides is 1. The number of halogens is 2. The fourth-order valence-electron chi connectivity index (χ4n) is 2.93. The molecule has 1 amide bonds. The van der Waals surface area contributed by atoms with Crippen molar-refractivity contribution in [2.45, 2.75) is 12.7 Å². The summed E-state index contributed by atoms with van der Waals surface area (Å²) in [5.74, 6) is 0.491. The molecule has 1 aromatic heterocycles. The number of rotatable bonds is 4. The Morgan fingerprint density at radius 1 is 1.00 bits per heavy atom. The standard InChI is InChI=1S/C21H17Cl2N7OS/c1-11-2-5-13(6-3-11)30-18(31)16(9-12-4-7-14(22)15(23)8-12)26-21(30)32-10-17-27-19(24)29-20(25)28-17/h2-9H,10H2,1H3,(H4,24,25,27,28,29)/b16-9+. The number of benzene rings is 2. The minimum atomic E-state index is -0.267. The Bertz CT molecular complexity index is 1240. The number of amidine groups is 1. The summed E-state index contributed by atoms with van der Waals surface area (Å²) in [7, 11) is 0. The van der Waals surface area contributed by atoms with Gasteiger partial charge in [-0.2, -0.15) is 15.0 Å². The van der Waals surface area contributed by atoms with Gasteiger partial charge in [-0.25, -0.2) is 4.99 Å². The summed E-state index contributed by atoms with van der Waals surface area (Å²) >= 11 is 13.4. The van der Waals surface area contributed by atoms with E-state index in [0.29, 0.717) is 38.0 Å². The number of nitrogen functional groups attached to an aromatic ring is 2. The van der Waals surface area contributed by atoms with Crippen molar-refractivity contribution in [3.63, 3.8) is 0 Å². The molecule has 0 fully saturated rings. The number of aryl methyl sites for hydroxylation is 1. The van der Waals surface area contributed by atoms with Crippen LogP contribution in [0.3, 0.4) is 0 Å². The van der Waals surface area contributed by atoms with Gasteiger partial charge in [0.25, 0.3) is 5.91 Å². The van der Waals surface area contributed by atoms with Crippen molar-refractivity contribution in [3.8, 4) is 0 Å². The molecule has 1 aliphatic heterocycles. The third-order valence-electron chi connectivity index (χ3n) is 4.42. The molecular formula is C21H17Cl2N7OS. The third kappa shape index (κ3) is 4.85. The second-order valence-corrected chi connectivity index (χ2v) is 8.59. The van der Waals surface area contributed by atoms with Gasteiger partial charge in [0.05, 0.1) is 21.5 Å². The van der Waals surface area contributed by atoms with Crippen LogP contribution in [0.5, 0.6) is 0 Å². The Labute approximate surface area is 198 Å². The largest absolute Gasteiger partial charge is 0.368 e. The average Bonchev–Trinajstić information content (AvgIpc) is 3.04. The molecule has 0 aliphatic carbocycles. The van der Waals surface area contributed by atoms with E-state index in [0.717, 1.165) is 5.56 Å². The van der Waals surface area contributed by atoms with Crippen molar-refractivity contribution in [2.75, 3.05) is 16.4 Å².